The number of carbonyl (C=O) groups is 2. The fourth-order valence-corrected chi connectivity index (χ4v) is 2.52. The van der Waals surface area contributed by atoms with Crippen LogP contribution in [0.1, 0.15) is 40.5 Å². The molecule has 1 saturated carbocycles. The van der Waals surface area contributed by atoms with Crippen LogP contribution in [0.5, 0.6) is 0 Å². The molecule has 16 heavy (non-hydrogen) atoms. The van der Waals surface area contributed by atoms with E-state index in [2.05, 4.69) is 0 Å². The molecule has 0 aliphatic heterocycles. The van der Waals surface area contributed by atoms with Crippen LogP contribution in [0.4, 0.5) is 0 Å². The molecule has 0 aromatic rings. The second kappa shape index (κ2) is 4.07. The van der Waals surface area contributed by atoms with Crippen molar-refractivity contribution in [3.05, 3.63) is 0 Å². The number of aliphatic carboxylic acids is 1. The highest BCUT2D eigenvalue weighted by molar-refractivity contribution is 5.71. The molecular formula is C12H20O4. The molecule has 0 amide bonds. The highest BCUT2D eigenvalue weighted by atomic mass is 16.5. The molecule has 0 saturated heterocycles. The molecule has 92 valence electrons. The van der Waals surface area contributed by atoms with Crippen LogP contribution in [-0.4, -0.2) is 23.7 Å². The summed E-state index contributed by atoms with van der Waals surface area (Å²) in [4.78, 5) is 22.0. The summed E-state index contributed by atoms with van der Waals surface area (Å²) in [5.74, 6) is -1.42. The second-order valence-electron chi connectivity index (χ2n) is 5.49. The van der Waals surface area contributed by atoms with E-state index in [1.54, 1.807) is 0 Å². The van der Waals surface area contributed by atoms with Gasteiger partial charge in [0.25, 0.3) is 0 Å². The quantitative estimate of drug-likeness (QED) is 0.751. The summed E-state index contributed by atoms with van der Waals surface area (Å²) in [7, 11) is 0. The maximum Gasteiger partial charge on any atom is 0.307 e. The third-order valence-electron chi connectivity index (χ3n) is 4.30. The lowest BCUT2D eigenvalue weighted by Gasteiger charge is -2.39. The number of hydrogen-bond acceptors (Lipinski definition) is 3. The smallest absolute Gasteiger partial charge is 0.307 e. The van der Waals surface area contributed by atoms with Crippen LogP contribution in [0.3, 0.4) is 0 Å². The lowest BCUT2D eigenvalue weighted by atomic mass is 9.66. The number of carboxylic acids is 1. The number of ether oxygens (including phenoxy) is 1. The largest absolute Gasteiger partial charge is 0.481 e. The normalized spacial score (nSPS) is 32.4. The van der Waals surface area contributed by atoms with E-state index in [0.29, 0.717) is 13.0 Å². The van der Waals surface area contributed by atoms with Gasteiger partial charge in [-0.3, -0.25) is 9.59 Å². The van der Waals surface area contributed by atoms with Gasteiger partial charge in [0.05, 0.1) is 12.5 Å². The predicted octanol–water partition coefficient (Wildman–Crippen LogP) is 2.08. The zero-order chi connectivity index (χ0) is 12.6. The number of carbonyl (C=O) groups excluding carboxylic acids is 1. The predicted molar refractivity (Wildman–Crippen MR) is 58.9 cm³/mol. The topological polar surface area (TPSA) is 63.6 Å². The first-order chi connectivity index (χ1) is 7.21. The molecule has 1 N–H and O–H groups in total. The van der Waals surface area contributed by atoms with Crippen LogP contribution in [0, 0.1) is 16.7 Å². The molecular weight excluding hydrogens is 208 g/mol. The second-order valence-corrected chi connectivity index (χ2v) is 5.49. The van der Waals surface area contributed by atoms with Crippen LogP contribution >= 0.6 is 0 Å². The van der Waals surface area contributed by atoms with Gasteiger partial charge in [0.2, 0.25) is 0 Å². The van der Waals surface area contributed by atoms with Gasteiger partial charge in [-0.15, -0.1) is 0 Å². The Labute approximate surface area is 96.0 Å². The van der Waals surface area contributed by atoms with Gasteiger partial charge < -0.3 is 9.84 Å². The average molecular weight is 228 g/mol. The molecule has 0 aromatic carbocycles. The lowest BCUT2D eigenvalue weighted by Crippen LogP contribution is -2.40. The van der Waals surface area contributed by atoms with Crippen molar-refractivity contribution in [1.82, 2.24) is 0 Å². The summed E-state index contributed by atoms with van der Waals surface area (Å²) in [6, 6.07) is 0. The van der Waals surface area contributed by atoms with E-state index in [9.17, 15) is 9.59 Å². The number of rotatable bonds is 3. The number of hydrogen-bond donors (Lipinski definition) is 1. The zero-order valence-electron chi connectivity index (χ0n) is 10.4. The molecule has 0 aromatic heterocycles. The third kappa shape index (κ3) is 2.06. The van der Waals surface area contributed by atoms with Gasteiger partial charge >= 0.3 is 11.9 Å². The molecule has 2 atom stereocenters. The highest BCUT2D eigenvalue weighted by Gasteiger charge is 2.54. The summed E-state index contributed by atoms with van der Waals surface area (Å²) in [6.07, 6.45) is 1.43. The maximum absolute atomic E-state index is 11.1. The van der Waals surface area contributed by atoms with Gasteiger partial charge in [-0.05, 0) is 18.3 Å². The van der Waals surface area contributed by atoms with Gasteiger partial charge in [-0.25, -0.2) is 0 Å². The Morgan fingerprint density at radius 3 is 2.31 bits per heavy atom. The van der Waals surface area contributed by atoms with Crippen LogP contribution < -0.4 is 0 Å². The van der Waals surface area contributed by atoms with Crippen molar-refractivity contribution in [3.63, 3.8) is 0 Å². The molecule has 1 fully saturated rings. The standard InChI is InChI=1S/C12H20O4/c1-8(13)16-7-12(4)6-5-9(10(14)15)11(12,2)3/h9H,5-7H2,1-4H3,(H,14,15). The van der Waals surface area contributed by atoms with Crippen LogP contribution in [0.25, 0.3) is 0 Å². The fourth-order valence-electron chi connectivity index (χ4n) is 2.52. The fraction of sp³-hybridized carbons (Fsp3) is 0.833. The van der Waals surface area contributed by atoms with Crippen molar-refractivity contribution in [1.29, 1.82) is 0 Å². The Kier molecular flexibility index (Phi) is 3.31. The molecule has 1 aliphatic carbocycles. The van der Waals surface area contributed by atoms with Crippen LogP contribution in [0.15, 0.2) is 0 Å². The third-order valence-corrected chi connectivity index (χ3v) is 4.30. The van der Waals surface area contributed by atoms with Gasteiger partial charge in [-0.1, -0.05) is 20.8 Å². The summed E-state index contributed by atoms with van der Waals surface area (Å²) >= 11 is 0. The van der Waals surface area contributed by atoms with E-state index in [-0.39, 0.29) is 22.7 Å². The minimum Gasteiger partial charge on any atom is -0.481 e. The minimum absolute atomic E-state index is 0.248. The zero-order valence-corrected chi connectivity index (χ0v) is 10.4. The molecule has 0 radical (unpaired) electrons. The molecule has 0 spiro atoms. The SMILES string of the molecule is CC(=O)OCC1(C)CCC(C(=O)O)C1(C)C. The van der Waals surface area contributed by atoms with Crippen LogP contribution in [0.2, 0.25) is 0 Å². The molecule has 2 unspecified atom stereocenters. The Bertz CT molecular complexity index is 308. The highest BCUT2D eigenvalue weighted by Crippen LogP contribution is 2.56. The molecule has 0 bridgehead atoms. The minimum atomic E-state index is -0.753. The van der Waals surface area contributed by atoms with Crippen molar-refractivity contribution >= 4 is 11.9 Å². The van der Waals surface area contributed by atoms with Gasteiger partial charge in [-0.2, -0.15) is 0 Å². The molecule has 1 rings (SSSR count). The Morgan fingerprint density at radius 1 is 1.38 bits per heavy atom. The molecule has 4 heteroatoms. The van der Waals surface area contributed by atoms with Gasteiger partial charge in [0, 0.05) is 12.3 Å². The summed E-state index contributed by atoms with van der Waals surface area (Å²) in [5, 5.41) is 9.15. The molecule has 1 aliphatic rings. The number of esters is 1. The first kappa shape index (κ1) is 13.0. The first-order valence-electron chi connectivity index (χ1n) is 5.57. The average Bonchev–Trinajstić information content (AvgIpc) is 2.36. The summed E-state index contributed by atoms with van der Waals surface area (Å²) < 4.78 is 5.06. The lowest BCUT2D eigenvalue weighted by molar-refractivity contribution is -0.150. The van der Waals surface area contributed by atoms with Gasteiger partial charge in [0.1, 0.15) is 0 Å². The van der Waals surface area contributed by atoms with Gasteiger partial charge in [0.15, 0.2) is 0 Å². The summed E-state index contributed by atoms with van der Waals surface area (Å²) in [5.41, 5.74) is -0.601. The van der Waals surface area contributed by atoms with Crippen molar-refractivity contribution in [3.8, 4) is 0 Å². The Hall–Kier alpha value is -1.06. The van der Waals surface area contributed by atoms with E-state index in [1.807, 2.05) is 20.8 Å². The van der Waals surface area contributed by atoms with Crippen molar-refractivity contribution in [2.75, 3.05) is 6.61 Å². The first-order valence-corrected chi connectivity index (χ1v) is 5.57. The monoisotopic (exact) mass is 228 g/mol. The van der Waals surface area contributed by atoms with E-state index < -0.39 is 5.97 Å². The van der Waals surface area contributed by atoms with E-state index in [1.165, 1.54) is 6.92 Å². The Morgan fingerprint density at radius 2 is 1.94 bits per heavy atom. The van der Waals surface area contributed by atoms with E-state index in [4.69, 9.17) is 9.84 Å². The summed E-state index contributed by atoms with van der Waals surface area (Å²) in [6.45, 7) is 7.57. The Balaban J connectivity index is 2.82. The molecule has 4 nitrogen and oxygen atoms in total. The van der Waals surface area contributed by atoms with Crippen LogP contribution in [-0.2, 0) is 14.3 Å². The van der Waals surface area contributed by atoms with Crippen molar-refractivity contribution < 1.29 is 19.4 Å². The van der Waals surface area contributed by atoms with E-state index >= 15 is 0 Å². The number of carboxylic acid groups (broad SMARTS) is 1. The van der Waals surface area contributed by atoms with E-state index in [0.717, 1.165) is 6.42 Å². The molecule has 0 heterocycles. The maximum atomic E-state index is 11.1. The van der Waals surface area contributed by atoms with Crippen molar-refractivity contribution in [2.45, 2.75) is 40.5 Å². The van der Waals surface area contributed by atoms with Crippen molar-refractivity contribution in [2.24, 2.45) is 16.7 Å².